The van der Waals surface area contributed by atoms with Crippen molar-refractivity contribution in [3.63, 3.8) is 0 Å². The molecule has 3 nitrogen and oxygen atoms in total. The number of Topliss-reactive ketones (excluding diaryl/α,β-unsaturated/α-hetero) is 1. The summed E-state index contributed by atoms with van der Waals surface area (Å²) in [6.07, 6.45) is 1.03. The standard InChI is InChI=1S/C5H6NS.C3H4Cl2O.CH2NS.2W/c1-2-5-3-7-4-6-5;4-1-3(6)2-5;2-1-3;;/h3H,2H2,1H3;1-2H2;(H2,2,3);;/q-1;;-1;;. The summed E-state index contributed by atoms with van der Waals surface area (Å²) >= 11 is 15.5. The Labute approximate surface area is 156 Å². The number of hydrogen-bond acceptors (Lipinski definition) is 4. The van der Waals surface area contributed by atoms with Crippen molar-refractivity contribution in [1.29, 1.82) is 0 Å². The molecule has 1 heterocycles. The maximum absolute atomic E-state index is 9.92. The normalized spacial score (nSPS) is 7.06. The first-order valence-corrected chi connectivity index (χ1v) is 6.53. The van der Waals surface area contributed by atoms with E-state index in [4.69, 9.17) is 23.2 Å². The minimum atomic E-state index is -0.127. The predicted octanol–water partition coefficient (Wildman–Crippen LogP) is 2.31. The number of alkyl halides is 2. The van der Waals surface area contributed by atoms with Gasteiger partial charge >= 0.3 is 0 Å². The van der Waals surface area contributed by atoms with Crippen LogP contribution >= 0.6 is 46.8 Å². The van der Waals surface area contributed by atoms with Gasteiger partial charge in [-0.15, -0.1) is 34.3 Å². The summed E-state index contributed by atoms with van der Waals surface area (Å²) in [4.78, 5) is 13.8. The van der Waals surface area contributed by atoms with Gasteiger partial charge in [0.25, 0.3) is 0 Å². The Bertz CT molecular complexity index is 272. The van der Waals surface area contributed by atoms with Gasteiger partial charge in [-0.2, -0.15) is 0 Å². The molecule has 0 saturated carbocycles. The number of carbonyl (C=O) groups excluding carboxylic acids is 1. The smallest absolute Gasteiger partial charge is 0.162 e. The Morgan fingerprint density at radius 3 is 2.11 bits per heavy atom. The SMILES string of the molecule is CCc1cs[c-]n1.N[C-]=S.O=C(CCl)CCl.[W].[W]. The number of carbonyl (C=O) groups is 1. The summed E-state index contributed by atoms with van der Waals surface area (Å²) in [5, 5.41) is 2.01. The second kappa shape index (κ2) is 23.3. The molecule has 0 aliphatic carbocycles. The third kappa shape index (κ3) is 22.3. The van der Waals surface area contributed by atoms with E-state index in [-0.39, 0.29) is 59.7 Å². The number of nitrogens with two attached hydrogens (primary N) is 1. The van der Waals surface area contributed by atoms with Gasteiger partial charge in [0.05, 0.1) is 11.8 Å². The van der Waals surface area contributed by atoms with Gasteiger partial charge in [0.2, 0.25) is 0 Å². The Hall–Kier alpha value is 1.15. The van der Waals surface area contributed by atoms with Crippen molar-refractivity contribution >= 4 is 58.0 Å². The average molecular weight is 667 g/mol. The fourth-order valence-electron chi connectivity index (χ4n) is 0.404. The van der Waals surface area contributed by atoms with Crippen molar-refractivity contribution in [2.45, 2.75) is 13.3 Å². The van der Waals surface area contributed by atoms with Crippen molar-refractivity contribution in [3.8, 4) is 0 Å². The van der Waals surface area contributed by atoms with Gasteiger partial charge in [0.15, 0.2) is 5.78 Å². The fraction of sp³-hybridized carbons (Fsp3) is 0.444. The van der Waals surface area contributed by atoms with Crippen LogP contribution in [0.5, 0.6) is 0 Å². The minimum Gasteiger partial charge on any atom is -0.570 e. The van der Waals surface area contributed by atoms with Gasteiger partial charge in [0, 0.05) is 42.1 Å². The molecule has 1 rings (SSSR count). The zero-order chi connectivity index (χ0) is 12.8. The summed E-state index contributed by atoms with van der Waals surface area (Å²) in [5.74, 6) is -0.0640. The van der Waals surface area contributed by atoms with E-state index in [0.717, 1.165) is 12.1 Å². The number of halogens is 2. The van der Waals surface area contributed by atoms with Gasteiger partial charge in [-0.3, -0.25) is 16.1 Å². The van der Waals surface area contributed by atoms with E-state index in [1.54, 1.807) is 0 Å². The Morgan fingerprint density at radius 1 is 1.56 bits per heavy atom. The first-order valence-electron chi connectivity index (χ1n) is 4.17. The van der Waals surface area contributed by atoms with Crippen LogP contribution in [0.4, 0.5) is 0 Å². The Morgan fingerprint density at radius 2 is 2.00 bits per heavy atom. The van der Waals surface area contributed by atoms with E-state index in [2.05, 4.69) is 35.4 Å². The molecule has 0 spiro atoms. The summed E-state index contributed by atoms with van der Waals surface area (Å²) in [7, 11) is 0. The van der Waals surface area contributed by atoms with E-state index in [0.29, 0.717) is 0 Å². The minimum absolute atomic E-state index is 0. The molecule has 104 valence electrons. The zero-order valence-electron chi connectivity index (χ0n) is 9.52. The second-order valence-corrected chi connectivity index (χ2v) is 3.63. The van der Waals surface area contributed by atoms with E-state index in [9.17, 15) is 4.79 Å². The number of aryl methyl sites for hydroxylation is 1. The first-order chi connectivity index (χ1) is 7.65. The molecule has 0 amide bonds. The van der Waals surface area contributed by atoms with E-state index >= 15 is 0 Å². The van der Waals surface area contributed by atoms with Crippen LogP contribution in [-0.2, 0) is 53.3 Å². The maximum Gasteiger partial charge on any atom is 0.162 e. The number of rotatable bonds is 3. The number of thiocarbonyl (C=S) groups is 1. The van der Waals surface area contributed by atoms with E-state index in [1.807, 2.05) is 10.9 Å². The van der Waals surface area contributed by atoms with Crippen LogP contribution in [0.2, 0.25) is 0 Å². The molecule has 0 unspecified atom stereocenters. The molecule has 9 heteroatoms. The summed E-state index contributed by atoms with van der Waals surface area (Å²) in [6, 6.07) is 0. The molecule has 0 atom stereocenters. The molecular weight excluding hydrogens is 655 g/mol. The number of nitrogens with zero attached hydrogens (tertiary/aromatic N) is 1. The number of ketones is 1. The van der Waals surface area contributed by atoms with Crippen molar-refractivity contribution < 1.29 is 46.9 Å². The zero-order valence-corrected chi connectivity index (χ0v) is 18.5. The molecule has 0 bridgehead atoms. The van der Waals surface area contributed by atoms with Crippen LogP contribution < -0.4 is 5.73 Å². The predicted molar refractivity (Wildman–Crippen MR) is 73.6 cm³/mol. The molecule has 0 saturated heterocycles. The van der Waals surface area contributed by atoms with Crippen LogP contribution in [0.3, 0.4) is 0 Å². The molecule has 0 radical (unpaired) electrons. The maximum atomic E-state index is 9.92. The van der Waals surface area contributed by atoms with Gasteiger partial charge in [-0.1, -0.05) is 13.3 Å². The Kier molecular flexibility index (Phi) is 35.5. The van der Waals surface area contributed by atoms with Crippen molar-refractivity contribution in [2.24, 2.45) is 5.73 Å². The van der Waals surface area contributed by atoms with Crippen LogP contribution in [-0.4, -0.2) is 28.0 Å². The van der Waals surface area contributed by atoms with Crippen molar-refractivity contribution in [2.75, 3.05) is 11.8 Å². The van der Waals surface area contributed by atoms with Crippen LogP contribution in [0.15, 0.2) is 5.38 Å². The van der Waals surface area contributed by atoms with Crippen LogP contribution in [0.25, 0.3) is 0 Å². The molecule has 0 aliphatic rings. The van der Waals surface area contributed by atoms with Gasteiger partial charge in [0.1, 0.15) is 0 Å². The summed E-state index contributed by atoms with van der Waals surface area (Å²) in [5.41, 5.74) is 10.2. The van der Waals surface area contributed by atoms with Crippen LogP contribution in [0, 0.1) is 5.51 Å². The molecule has 18 heavy (non-hydrogen) atoms. The van der Waals surface area contributed by atoms with Crippen LogP contribution in [0.1, 0.15) is 12.6 Å². The second-order valence-electron chi connectivity index (χ2n) is 2.21. The monoisotopic (exact) mass is 666 g/mol. The average Bonchev–Trinajstić information content (AvgIpc) is 2.82. The van der Waals surface area contributed by atoms with Gasteiger partial charge in [-0.05, 0) is 5.51 Å². The molecule has 2 N–H and O–H groups in total. The number of aromatic nitrogens is 1. The van der Waals surface area contributed by atoms with Gasteiger partial charge in [-0.25, -0.2) is 0 Å². The third-order valence-corrected chi connectivity index (χ3v) is 2.28. The van der Waals surface area contributed by atoms with Crippen molar-refractivity contribution in [1.82, 2.24) is 4.98 Å². The molecule has 1 aromatic rings. The van der Waals surface area contributed by atoms with E-state index < -0.39 is 0 Å². The van der Waals surface area contributed by atoms with Crippen molar-refractivity contribution in [3.05, 3.63) is 16.6 Å². The summed E-state index contributed by atoms with van der Waals surface area (Å²) in [6.45, 7) is 2.09. The third-order valence-electron chi connectivity index (χ3n) is 1.10. The molecule has 0 aromatic carbocycles. The molecule has 0 fully saturated rings. The topological polar surface area (TPSA) is 56.0 Å². The Balaban J connectivity index is -0.0000000830. The number of thiazole rings is 1. The molecule has 0 aliphatic heterocycles. The number of hydrogen-bond donors (Lipinski definition) is 1. The molecular formula is C9H12Cl2N2OS2W2-2. The van der Waals surface area contributed by atoms with E-state index in [1.165, 1.54) is 11.3 Å². The largest absolute Gasteiger partial charge is 0.570 e. The quantitative estimate of drug-likeness (QED) is 0.233. The molecule has 1 aromatic heterocycles. The van der Waals surface area contributed by atoms with Gasteiger partial charge < -0.3 is 28.4 Å². The fourth-order valence-corrected chi connectivity index (χ4v) is 1.27. The summed E-state index contributed by atoms with van der Waals surface area (Å²) < 4.78 is 0. The first kappa shape index (κ1) is 27.5.